The lowest BCUT2D eigenvalue weighted by molar-refractivity contribution is -0.176. The molecule has 1 aromatic carbocycles. The van der Waals surface area contributed by atoms with Crippen LogP contribution in [0.4, 0.5) is 13.2 Å². The number of unbranched alkanes of at least 4 members (excludes halogenated alkanes) is 1. The standard InChI is InChI=1S/C21H35F3N4O/c1-5-25-20(26-12-6-7-13-28(4)17(2)3)27-14-18-8-10-19(11-9-18)15-29-16-21(22,23)24/h8-11,17H,5-7,12-16H2,1-4H3,(H2,25,26,27). The third kappa shape index (κ3) is 12.4. The maximum absolute atomic E-state index is 12.1. The van der Waals surface area contributed by atoms with Gasteiger partial charge in [-0.1, -0.05) is 24.3 Å². The summed E-state index contributed by atoms with van der Waals surface area (Å²) in [6.07, 6.45) is -2.11. The van der Waals surface area contributed by atoms with Crippen LogP contribution in [0.5, 0.6) is 0 Å². The third-order valence-corrected chi connectivity index (χ3v) is 4.43. The highest BCUT2D eigenvalue weighted by Crippen LogP contribution is 2.16. The number of nitrogens with one attached hydrogen (secondary N) is 2. The molecule has 0 heterocycles. The summed E-state index contributed by atoms with van der Waals surface area (Å²) in [5.74, 6) is 0.766. The van der Waals surface area contributed by atoms with Crippen LogP contribution in [0.3, 0.4) is 0 Å². The van der Waals surface area contributed by atoms with E-state index < -0.39 is 12.8 Å². The predicted molar refractivity (Wildman–Crippen MR) is 112 cm³/mol. The largest absolute Gasteiger partial charge is 0.411 e. The number of guanidine groups is 1. The van der Waals surface area contributed by atoms with Crippen molar-refractivity contribution in [3.8, 4) is 0 Å². The Kier molecular flexibility index (Phi) is 11.7. The zero-order valence-corrected chi connectivity index (χ0v) is 18.0. The number of rotatable bonds is 12. The average Bonchev–Trinajstić information content (AvgIpc) is 2.65. The minimum atomic E-state index is -4.30. The van der Waals surface area contributed by atoms with Gasteiger partial charge < -0.3 is 20.3 Å². The summed E-state index contributed by atoms with van der Waals surface area (Å²) in [6.45, 7) is 8.31. The van der Waals surface area contributed by atoms with Crippen LogP contribution in [0.1, 0.15) is 44.7 Å². The fraction of sp³-hybridized carbons (Fsp3) is 0.667. The second-order valence-corrected chi connectivity index (χ2v) is 7.33. The van der Waals surface area contributed by atoms with E-state index >= 15 is 0 Å². The van der Waals surface area contributed by atoms with E-state index in [4.69, 9.17) is 0 Å². The molecule has 0 aromatic heterocycles. The summed E-state index contributed by atoms with van der Waals surface area (Å²) in [5, 5.41) is 6.57. The number of hydrogen-bond donors (Lipinski definition) is 2. The molecule has 0 aliphatic carbocycles. The number of halogens is 3. The Hall–Kier alpha value is -1.80. The van der Waals surface area contributed by atoms with E-state index in [0.29, 0.717) is 18.2 Å². The molecule has 0 radical (unpaired) electrons. The molecule has 0 saturated heterocycles. The summed E-state index contributed by atoms with van der Waals surface area (Å²) < 4.78 is 41.0. The Morgan fingerprint density at radius 2 is 1.76 bits per heavy atom. The molecule has 1 aromatic rings. The molecule has 0 aliphatic heterocycles. The second kappa shape index (κ2) is 13.4. The molecule has 5 nitrogen and oxygen atoms in total. The van der Waals surface area contributed by atoms with Gasteiger partial charge in [0.05, 0.1) is 13.2 Å². The van der Waals surface area contributed by atoms with Crippen LogP contribution < -0.4 is 10.6 Å². The van der Waals surface area contributed by atoms with Gasteiger partial charge in [-0.15, -0.1) is 0 Å². The Bertz CT molecular complexity index is 589. The van der Waals surface area contributed by atoms with Gasteiger partial charge in [-0.25, -0.2) is 4.99 Å². The van der Waals surface area contributed by atoms with Crippen LogP contribution in [0.25, 0.3) is 0 Å². The molecule has 0 fully saturated rings. The lowest BCUT2D eigenvalue weighted by atomic mass is 10.1. The number of ether oxygens (including phenoxy) is 1. The molecule has 166 valence electrons. The number of aliphatic imine (C=N–C) groups is 1. The average molecular weight is 417 g/mol. The van der Waals surface area contributed by atoms with Crippen molar-refractivity contribution in [1.82, 2.24) is 15.5 Å². The smallest absolute Gasteiger partial charge is 0.367 e. The zero-order chi connectivity index (χ0) is 21.7. The topological polar surface area (TPSA) is 48.9 Å². The highest BCUT2D eigenvalue weighted by Gasteiger charge is 2.27. The van der Waals surface area contributed by atoms with E-state index in [-0.39, 0.29) is 6.61 Å². The van der Waals surface area contributed by atoms with Crippen molar-refractivity contribution >= 4 is 5.96 Å². The molecule has 0 saturated carbocycles. The van der Waals surface area contributed by atoms with E-state index in [1.165, 1.54) is 0 Å². The summed E-state index contributed by atoms with van der Waals surface area (Å²) in [7, 11) is 2.14. The fourth-order valence-corrected chi connectivity index (χ4v) is 2.49. The van der Waals surface area contributed by atoms with Crippen molar-refractivity contribution in [2.24, 2.45) is 4.99 Å². The molecule has 29 heavy (non-hydrogen) atoms. The van der Waals surface area contributed by atoms with Gasteiger partial charge in [0.1, 0.15) is 6.61 Å². The van der Waals surface area contributed by atoms with Crippen LogP contribution in [0, 0.1) is 0 Å². The van der Waals surface area contributed by atoms with Crippen molar-refractivity contribution < 1.29 is 17.9 Å². The summed E-state index contributed by atoms with van der Waals surface area (Å²) in [5.41, 5.74) is 1.69. The molecule has 0 amide bonds. The van der Waals surface area contributed by atoms with Crippen LogP contribution in [0.2, 0.25) is 0 Å². The van der Waals surface area contributed by atoms with Gasteiger partial charge in [0.2, 0.25) is 0 Å². The third-order valence-electron chi connectivity index (χ3n) is 4.43. The van der Waals surface area contributed by atoms with Gasteiger partial charge >= 0.3 is 6.18 Å². The SMILES string of the molecule is CCNC(=NCc1ccc(COCC(F)(F)F)cc1)NCCCCN(C)C(C)C. The number of benzene rings is 1. The first kappa shape index (κ1) is 25.2. The van der Waals surface area contributed by atoms with Gasteiger partial charge in [0, 0.05) is 19.1 Å². The molecular formula is C21H35F3N4O. The Balaban J connectivity index is 2.40. The van der Waals surface area contributed by atoms with Gasteiger partial charge in [-0.05, 0) is 58.3 Å². The molecule has 0 unspecified atom stereocenters. The molecule has 0 atom stereocenters. The van der Waals surface area contributed by atoms with Crippen molar-refractivity contribution in [1.29, 1.82) is 0 Å². The summed E-state index contributed by atoms with van der Waals surface area (Å²) in [4.78, 5) is 6.90. The van der Waals surface area contributed by atoms with E-state index in [1.54, 1.807) is 12.1 Å². The van der Waals surface area contributed by atoms with E-state index in [1.807, 2.05) is 19.1 Å². The number of hydrogen-bond acceptors (Lipinski definition) is 3. The monoisotopic (exact) mass is 416 g/mol. The number of nitrogens with zero attached hydrogens (tertiary/aromatic N) is 2. The zero-order valence-electron chi connectivity index (χ0n) is 18.0. The van der Waals surface area contributed by atoms with Gasteiger partial charge in [-0.2, -0.15) is 13.2 Å². The molecule has 2 N–H and O–H groups in total. The summed E-state index contributed by atoms with van der Waals surface area (Å²) >= 11 is 0. The lowest BCUT2D eigenvalue weighted by Crippen LogP contribution is -2.38. The Labute approximate surface area is 172 Å². The van der Waals surface area contributed by atoms with Crippen molar-refractivity contribution in [2.75, 3.05) is 33.3 Å². The van der Waals surface area contributed by atoms with Crippen LogP contribution >= 0.6 is 0 Å². The second-order valence-electron chi connectivity index (χ2n) is 7.33. The minimum absolute atomic E-state index is 0.0563. The van der Waals surface area contributed by atoms with E-state index in [9.17, 15) is 13.2 Å². The number of alkyl halides is 3. The predicted octanol–water partition coefficient (Wildman–Crippen LogP) is 3.94. The van der Waals surface area contributed by atoms with Gasteiger partial charge in [-0.3, -0.25) is 0 Å². The first-order valence-electron chi connectivity index (χ1n) is 10.2. The van der Waals surface area contributed by atoms with Gasteiger partial charge in [0.25, 0.3) is 0 Å². The first-order valence-corrected chi connectivity index (χ1v) is 10.2. The minimum Gasteiger partial charge on any atom is -0.367 e. The molecule has 8 heteroatoms. The molecule has 0 bridgehead atoms. The van der Waals surface area contributed by atoms with Gasteiger partial charge in [0.15, 0.2) is 5.96 Å². The Morgan fingerprint density at radius 1 is 1.10 bits per heavy atom. The Morgan fingerprint density at radius 3 is 2.34 bits per heavy atom. The van der Waals surface area contributed by atoms with Crippen LogP contribution in [-0.4, -0.2) is 56.4 Å². The molecule has 0 aliphatic rings. The van der Waals surface area contributed by atoms with E-state index in [0.717, 1.165) is 44.0 Å². The van der Waals surface area contributed by atoms with E-state index in [2.05, 4.69) is 46.2 Å². The molecule has 1 rings (SSSR count). The fourth-order valence-electron chi connectivity index (χ4n) is 2.49. The molecular weight excluding hydrogens is 381 g/mol. The maximum atomic E-state index is 12.1. The quantitative estimate of drug-likeness (QED) is 0.308. The van der Waals surface area contributed by atoms with Crippen molar-refractivity contribution in [3.05, 3.63) is 35.4 Å². The first-order chi connectivity index (χ1) is 13.7. The normalized spacial score (nSPS) is 12.7. The highest BCUT2D eigenvalue weighted by molar-refractivity contribution is 5.79. The maximum Gasteiger partial charge on any atom is 0.411 e. The van der Waals surface area contributed by atoms with Crippen LogP contribution in [-0.2, 0) is 17.9 Å². The van der Waals surface area contributed by atoms with Crippen molar-refractivity contribution in [2.45, 2.75) is 59.0 Å². The molecule has 0 spiro atoms. The summed E-state index contributed by atoms with van der Waals surface area (Å²) in [6, 6.07) is 7.83. The highest BCUT2D eigenvalue weighted by atomic mass is 19.4. The van der Waals surface area contributed by atoms with Crippen LogP contribution in [0.15, 0.2) is 29.3 Å². The van der Waals surface area contributed by atoms with Crippen molar-refractivity contribution in [3.63, 3.8) is 0 Å². The lowest BCUT2D eigenvalue weighted by Gasteiger charge is -2.20.